The van der Waals surface area contributed by atoms with Gasteiger partial charge >= 0.3 is 0 Å². The molecule has 0 unspecified atom stereocenters. The molecule has 120 valence electrons. The van der Waals surface area contributed by atoms with Gasteiger partial charge in [-0.3, -0.25) is 9.68 Å². The van der Waals surface area contributed by atoms with Crippen LogP contribution in [0.25, 0.3) is 0 Å². The maximum atomic E-state index is 5.78. The molecule has 0 atom stereocenters. The molecule has 0 aliphatic heterocycles. The summed E-state index contributed by atoms with van der Waals surface area (Å²) in [6, 6.07) is 0. The summed E-state index contributed by atoms with van der Waals surface area (Å²) >= 11 is 0. The highest BCUT2D eigenvalue weighted by Crippen LogP contribution is 2.16. The molecule has 0 spiro atoms. The van der Waals surface area contributed by atoms with Crippen LogP contribution in [0, 0.1) is 0 Å². The summed E-state index contributed by atoms with van der Waals surface area (Å²) < 4.78 is 0. The summed E-state index contributed by atoms with van der Waals surface area (Å²) in [5.41, 5.74) is 5.78. The van der Waals surface area contributed by atoms with Gasteiger partial charge in [0.25, 0.3) is 11.9 Å². The van der Waals surface area contributed by atoms with Gasteiger partial charge in [0.2, 0.25) is 5.95 Å². The van der Waals surface area contributed by atoms with Crippen molar-refractivity contribution < 1.29 is 9.68 Å². The Labute approximate surface area is 126 Å². The van der Waals surface area contributed by atoms with Gasteiger partial charge in [0.05, 0.1) is 14.2 Å². The van der Waals surface area contributed by atoms with Gasteiger partial charge in [-0.05, 0) is 12.8 Å². The van der Waals surface area contributed by atoms with Gasteiger partial charge in [-0.25, -0.2) is 10.1 Å². The smallest absolute Gasteiger partial charge is 0.256 e. The van der Waals surface area contributed by atoms with Gasteiger partial charge in [-0.1, -0.05) is 26.7 Å². The lowest BCUT2D eigenvalue weighted by Crippen LogP contribution is -2.29. The third-order valence-electron chi connectivity index (χ3n) is 2.95. The zero-order valence-electron chi connectivity index (χ0n) is 13.4. The van der Waals surface area contributed by atoms with E-state index < -0.39 is 0 Å². The van der Waals surface area contributed by atoms with Crippen LogP contribution in [0.5, 0.6) is 0 Å². The number of hydrogen-bond donors (Lipinski definition) is 1. The SMILES string of the molecule is CCCCN(OC)c1nc(N)nc(N(CCCC)OC)n1. The van der Waals surface area contributed by atoms with E-state index in [1.54, 1.807) is 24.3 Å². The molecule has 8 nitrogen and oxygen atoms in total. The monoisotopic (exact) mass is 298 g/mol. The Morgan fingerprint density at radius 2 is 1.29 bits per heavy atom. The van der Waals surface area contributed by atoms with Crippen LogP contribution in [-0.2, 0) is 9.68 Å². The fraction of sp³-hybridized carbons (Fsp3) is 0.769. The van der Waals surface area contributed by atoms with Gasteiger partial charge in [0, 0.05) is 13.1 Å². The first-order valence-corrected chi connectivity index (χ1v) is 7.31. The molecule has 1 aromatic rings. The second-order valence-corrected chi connectivity index (χ2v) is 4.57. The molecule has 0 saturated heterocycles. The van der Waals surface area contributed by atoms with Crippen molar-refractivity contribution in [2.45, 2.75) is 39.5 Å². The Bertz CT molecular complexity index is 383. The van der Waals surface area contributed by atoms with Crippen LogP contribution in [0.15, 0.2) is 0 Å². The Morgan fingerprint density at radius 1 is 0.857 bits per heavy atom. The summed E-state index contributed by atoms with van der Waals surface area (Å²) in [6.45, 7) is 5.60. The van der Waals surface area contributed by atoms with Crippen LogP contribution in [0.4, 0.5) is 17.8 Å². The number of rotatable bonds is 10. The van der Waals surface area contributed by atoms with Crippen molar-refractivity contribution in [3.05, 3.63) is 0 Å². The lowest BCUT2D eigenvalue weighted by atomic mass is 10.3. The van der Waals surface area contributed by atoms with Crippen LogP contribution in [-0.4, -0.2) is 42.3 Å². The fourth-order valence-corrected chi connectivity index (χ4v) is 1.74. The van der Waals surface area contributed by atoms with Crippen molar-refractivity contribution in [2.24, 2.45) is 0 Å². The second kappa shape index (κ2) is 9.30. The number of hydrogen-bond acceptors (Lipinski definition) is 8. The zero-order chi connectivity index (χ0) is 15.7. The molecule has 1 aromatic heterocycles. The molecule has 0 amide bonds. The molecule has 8 heteroatoms. The predicted molar refractivity (Wildman–Crippen MR) is 82.8 cm³/mol. The Kier molecular flexibility index (Phi) is 7.70. The molecule has 2 N–H and O–H groups in total. The summed E-state index contributed by atoms with van der Waals surface area (Å²) in [5, 5.41) is 3.22. The number of hydroxylamine groups is 2. The molecule has 1 heterocycles. The highest BCUT2D eigenvalue weighted by Gasteiger charge is 2.16. The van der Waals surface area contributed by atoms with Crippen LogP contribution in [0.2, 0.25) is 0 Å². The van der Waals surface area contributed by atoms with E-state index in [0.717, 1.165) is 25.7 Å². The molecule has 0 saturated carbocycles. The lowest BCUT2D eigenvalue weighted by Gasteiger charge is -2.23. The van der Waals surface area contributed by atoms with E-state index in [0.29, 0.717) is 25.0 Å². The van der Waals surface area contributed by atoms with Crippen molar-refractivity contribution in [1.29, 1.82) is 0 Å². The van der Waals surface area contributed by atoms with Crippen molar-refractivity contribution in [3.63, 3.8) is 0 Å². The topological polar surface area (TPSA) is 89.6 Å². The minimum Gasteiger partial charge on any atom is -0.368 e. The average molecular weight is 298 g/mol. The summed E-state index contributed by atoms with van der Waals surface area (Å²) in [6.07, 6.45) is 4.04. The molecule has 0 aliphatic rings. The molecule has 0 aliphatic carbocycles. The number of nitrogens with zero attached hydrogens (tertiary/aromatic N) is 5. The zero-order valence-corrected chi connectivity index (χ0v) is 13.4. The average Bonchev–Trinajstić information content (AvgIpc) is 2.48. The van der Waals surface area contributed by atoms with E-state index in [1.165, 1.54) is 0 Å². The highest BCUT2D eigenvalue weighted by molar-refractivity contribution is 5.40. The first kappa shape index (κ1) is 17.4. The minimum absolute atomic E-state index is 0.145. The predicted octanol–water partition coefficient (Wildman–Crippen LogP) is 1.79. The molecule has 1 rings (SSSR count). The standard InChI is InChI=1S/C13H26N6O2/c1-5-7-9-18(20-3)12-15-11(14)16-13(17-12)19(21-4)10-8-6-2/h5-10H2,1-4H3,(H2,14,15,16,17). The number of unbranched alkanes of at least 4 members (excludes halogenated alkanes) is 2. The van der Waals surface area contributed by atoms with Gasteiger partial charge in [-0.2, -0.15) is 15.0 Å². The van der Waals surface area contributed by atoms with E-state index in [1.807, 2.05) is 0 Å². The maximum Gasteiger partial charge on any atom is 0.256 e. The number of aromatic nitrogens is 3. The molecule has 0 bridgehead atoms. The third-order valence-corrected chi connectivity index (χ3v) is 2.95. The summed E-state index contributed by atoms with van der Waals surface area (Å²) in [5.74, 6) is 0.936. The van der Waals surface area contributed by atoms with Crippen molar-refractivity contribution in [2.75, 3.05) is 43.2 Å². The summed E-state index contributed by atoms with van der Waals surface area (Å²) in [7, 11) is 3.17. The number of nitrogen functional groups attached to an aromatic ring is 1. The fourth-order valence-electron chi connectivity index (χ4n) is 1.74. The number of nitrogens with two attached hydrogens (primary N) is 1. The largest absolute Gasteiger partial charge is 0.368 e. The van der Waals surface area contributed by atoms with E-state index in [2.05, 4.69) is 28.8 Å². The van der Waals surface area contributed by atoms with Crippen molar-refractivity contribution in [3.8, 4) is 0 Å². The van der Waals surface area contributed by atoms with E-state index in [-0.39, 0.29) is 5.95 Å². The van der Waals surface area contributed by atoms with Crippen LogP contribution < -0.4 is 15.9 Å². The Morgan fingerprint density at radius 3 is 1.62 bits per heavy atom. The molecule has 0 fully saturated rings. The van der Waals surface area contributed by atoms with Crippen LogP contribution >= 0.6 is 0 Å². The summed E-state index contributed by atoms with van der Waals surface area (Å²) in [4.78, 5) is 23.3. The van der Waals surface area contributed by atoms with Gasteiger partial charge in [-0.15, -0.1) is 0 Å². The number of anilines is 3. The Balaban J connectivity index is 2.95. The molecule has 0 radical (unpaired) electrons. The van der Waals surface area contributed by atoms with Crippen molar-refractivity contribution >= 4 is 17.8 Å². The minimum atomic E-state index is 0.145. The highest BCUT2D eigenvalue weighted by atomic mass is 16.7. The quantitative estimate of drug-likeness (QED) is 0.654. The maximum absolute atomic E-state index is 5.78. The van der Waals surface area contributed by atoms with Gasteiger partial charge in [0.1, 0.15) is 0 Å². The van der Waals surface area contributed by atoms with Crippen LogP contribution in [0.3, 0.4) is 0 Å². The molecular formula is C13H26N6O2. The second-order valence-electron chi connectivity index (χ2n) is 4.57. The molecular weight excluding hydrogens is 272 g/mol. The Hall–Kier alpha value is -1.67. The first-order chi connectivity index (χ1) is 10.2. The van der Waals surface area contributed by atoms with Crippen LogP contribution in [0.1, 0.15) is 39.5 Å². The normalized spacial score (nSPS) is 10.7. The van der Waals surface area contributed by atoms with Gasteiger partial charge < -0.3 is 5.73 Å². The van der Waals surface area contributed by atoms with Gasteiger partial charge in [0.15, 0.2) is 0 Å². The third kappa shape index (κ3) is 5.31. The van der Waals surface area contributed by atoms with Crippen molar-refractivity contribution in [1.82, 2.24) is 15.0 Å². The first-order valence-electron chi connectivity index (χ1n) is 7.31. The molecule has 0 aromatic carbocycles. The lowest BCUT2D eigenvalue weighted by molar-refractivity contribution is 0.154. The van der Waals surface area contributed by atoms with E-state index in [4.69, 9.17) is 15.4 Å². The van der Waals surface area contributed by atoms with E-state index in [9.17, 15) is 0 Å². The van der Waals surface area contributed by atoms with E-state index >= 15 is 0 Å². The molecule has 21 heavy (non-hydrogen) atoms.